The molecule has 0 unspecified atom stereocenters. The predicted molar refractivity (Wildman–Crippen MR) is 77.9 cm³/mol. The van der Waals surface area contributed by atoms with Crippen LogP contribution in [0.5, 0.6) is 11.5 Å². The zero-order chi connectivity index (χ0) is 15.1. The van der Waals surface area contributed by atoms with Gasteiger partial charge in [0, 0.05) is 12.1 Å². The van der Waals surface area contributed by atoms with Crippen molar-refractivity contribution in [3.8, 4) is 11.5 Å². The molecular formula is C16H21F2NO2. The predicted octanol–water partition coefficient (Wildman–Crippen LogP) is 3.89. The van der Waals surface area contributed by atoms with E-state index in [0.29, 0.717) is 17.9 Å². The van der Waals surface area contributed by atoms with Gasteiger partial charge in [-0.3, -0.25) is 0 Å². The summed E-state index contributed by atoms with van der Waals surface area (Å²) in [5.41, 5.74) is 2.16. The second-order valence-corrected chi connectivity index (χ2v) is 5.01. The largest absolute Gasteiger partial charge is 0.493 e. The van der Waals surface area contributed by atoms with Gasteiger partial charge < -0.3 is 14.8 Å². The molecule has 0 saturated carbocycles. The van der Waals surface area contributed by atoms with Crippen molar-refractivity contribution < 1.29 is 18.3 Å². The van der Waals surface area contributed by atoms with E-state index in [1.54, 1.807) is 18.2 Å². The molecule has 2 rings (SSSR count). The number of halogens is 2. The Labute approximate surface area is 123 Å². The van der Waals surface area contributed by atoms with Gasteiger partial charge >= 0.3 is 6.61 Å². The first-order chi connectivity index (χ1) is 10.2. The summed E-state index contributed by atoms with van der Waals surface area (Å²) in [6.07, 6.45) is 6.91. The number of para-hydroxylation sites is 1. The van der Waals surface area contributed by atoms with E-state index < -0.39 is 6.61 Å². The van der Waals surface area contributed by atoms with Gasteiger partial charge in [0.15, 0.2) is 11.5 Å². The van der Waals surface area contributed by atoms with Crippen molar-refractivity contribution >= 4 is 0 Å². The van der Waals surface area contributed by atoms with Crippen molar-refractivity contribution in [3.05, 3.63) is 35.4 Å². The van der Waals surface area contributed by atoms with Crippen LogP contribution in [0.25, 0.3) is 0 Å². The first-order valence-electron chi connectivity index (χ1n) is 7.20. The highest BCUT2D eigenvalue weighted by Crippen LogP contribution is 2.32. The van der Waals surface area contributed by atoms with Crippen LogP contribution < -0.4 is 14.8 Å². The molecule has 5 heteroatoms. The summed E-state index contributed by atoms with van der Waals surface area (Å²) in [6, 6.07) is 5.15. The lowest BCUT2D eigenvalue weighted by Gasteiger charge is -2.15. The fraction of sp³-hybridized carbons (Fsp3) is 0.500. The van der Waals surface area contributed by atoms with Gasteiger partial charge in [-0.15, -0.1) is 0 Å². The molecule has 1 aromatic carbocycles. The lowest BCUT2D eigenvalue weighted by Crippen LogP contribution is -2.16. The van der Waals surface area contributed by atoms with Crippen LogP contribution in [0.4, 0.5) is 8.78 Å². The van der Waals surface area contributed by atoms with Crippen molar-refractivity contribution in [3.63, 3.8) is 0 Å². The minimum atomic E-state index is -2.86. The minimum absolute atomic E-state index is 0.114. The van der Waals surface area contributed by atoms with Crippen molar-refractivity contribution in [1.29, 1.82) is 0 Å². The SMILES string of the molecule is COc1cccc(CNCCC2=CCCC2)c1OC(F)F. The van der Waals surface area contributed by atoms with Crippen molar-refractivity contribution in [2.24, 2.45) is 0 Å². The van der Waals surface area contributed by atoms with Gasteiger partial charge in [-0.1, -0.05) is 23.8 Å². The summed E-state index contributed by atoms with van der Waals surface area (Å²) in [5, 5.41) is 3.27. The molecule has 0 saturated heterocycles. The van der Waals surface area contributed by atoms with Crippen LogP contribution in [0.15, 0.2) is 29.8 Å². The maximum absolute atomic E-state index is 12.5. The molecule has 0 bridgehead atoms. The van der Waals surface area contributed by atoms with Gasteiger partial charge in [0.05, 0.1) is 7.11 Å². The van der Waals surface area contributed by atoms with Gasteiger partial charge in [0.25, 0.3) is 0 Å². The van der Waals surface area contributed by atoms with Crippen LogP contribution >= 0.6 is 0 Å². The minimum Gasteiger partial charge on any atom is -0.493 e. The number of hydrogen-bond acceptors (Lipinski definition) is 3. The zero-order valence-corrected chi connectivity index (χ0v) is 12.2. The lowest BCUT2D eigenvalue weighted by atomic mass is 10.1. The molecule has 0 radical (unpaired) electrons. The third kappa shape index (κ3) is 4.70. The molecule has 3 nitrogen and oxygen atoms in total. The van der Waals surface area contributed by atoms with Gasteiger partial charge in [0.2, 0.25) is 0 Å². The Morgan fingerprint density at radius 3 is 2.86 bits per heavy atom. The molecule has 0 aromatic heterocycles. The Morgan fingerprint density at radius 2 is 2.19 bits per heavy atom. The van der Waals surface area contributed by atoms with E-state index >= 15 is 0 Å². The smallest absolute Gasteiger partial charge is 0.387 e. The van der Waals surface area contributed by atoms with Crippen LogP contribution in [0, 0.1) is 0 Å². The molecule has 1 N–H and O–H groups in total. The molecule has 1 aliphatic carbocycles. The monoisotopic (exact) mass is 297 g/mol. The Hall–Kier alpha value is -1.62. The highest BCUT2D eigenvalue weighted by atomic mass is 19.3. The molecule has 116 valence electrons. The van der Waals surface area contributed by atoms with Crippen molar-refractivity contribution in [2.75, 3.05) is 13.7 Å². The van der Waals surface area contributed by atoms with E-state index in [1.807, 2.05) is 0 Å². The Bertz CT molecular complexity index is 489. The number of rotatable bonds is 8. The fourth-order valence-electron chi connectivity index (χ4n) is 2.52. The Kier molecular flexibility index (Phi) is 5.99. The van der Waals surface area contributed by atoms with E-state index in [-0.39, 0.29) is 5.75 Å². The second kappa shape index (κ2) is 7.98. The molecule has 0 amide bonds. The van der Waals surface area contributed by atoms with Crippen LogP contribution in [-0.2, 0) is 6.54 Å². The van der Waals surface area contributed by atoms with Crippen LogP contribution in [0.3, 0.4) is 0 Å². The lowest BCUT2D eigenvalue weighted by molar-refractivity contribution is -0.0518. The van der Waals surface area contributed by atoms with Gasteiger partial charge in [-0.2, -0.15) is 8.78 Å². The summed E-state index contributed by atoms with van der Waals surface area (Å²) in [6.45, 7) is -1.55. The molecule has 0 aliphatic heterocycles. The Balaban J connectivity index is 1.91. The highest BCUT2D eigenvalue weighted by Gasteiger charge is 2.15. The topological polar surface area (TPSA) is 30.5 Å². The number of nitrogens with one attached hydrogen (secondary N) is 1. The van der Waals surface area contributed by atoms with E-state index in [2.05, 4.69) is 16.1 Å². The number of allylic oxidation sites excluding steroid dienone is 1. The summed E-state index contributed by atoms with van der Waals surface area (Å²) in [7, 11) is 1.44. The maximum atomic E-state index is 12.5. The van der Waals surface area contributed by atoms with Crippen molar-refractivity contribution in [1.82, 2.24) is 5.32 Å². The molecule has 0 fully saturated rings. The third-order valence-electron chi connectivity index (χ3n) is 3.56. The zero-order valence-electron chi connectivity index (χ0n) is 12.2. The molecule has 21 heavy (non-hydrogen) atoms. The summed E-state index contributed by atoms with van der Waals surface area (Å²) >= 11 is 0. The highest BCUT2D eigenvalue weighted by molar-refractivity contribution is 5.46. The number of hydrogen-bond donors (Lipinski definition) is 1. The number of methoxy groups -OCH3 is 1. The standard InChI is InChI=1S/C16H21F2NO2/c1-20-14-8-4-7-13(15(14)21-16(17)18)11-19-10-9-12-5-2-3-6-12/h4-5,7-8,16,19H,2-3,6,9-11H2,1H3. The van der Waals surface area contributed by atoms with Crippen LogP contribution in [0.1, 0.15) is 31.2 Å². The summed E-state index contributed by atoms with van der Waals surface area (Å²) < 4.78 is 34.7. The molecule has 0 atom stereocenters. The average Bonchev–Trinajstić information content (AvgIpc) is 2.97. The molecule has 0 spiro atoms. The molecule has 0 heterocycles. The van der Waals surface area contributed by atoms with Crippen LogP contribution in [-0.4, -0.2) is 20.3 Å². The summed E-state index contributed by atoms with van der Waals surface area (Å²) in [4.78, 5) is 0. The van der Waals surface area contributed by atoms with E-state index in [9.17, 15) is 8.78 Å². The maximum Gasteiger partial charge on any atom is 0.387 e. The van der Waals surface area contributed by atoms with Crippen LogP contribution in [0.2, 0.25) is 0 Å². The number of ether oxygens (including phenoxy) is 2. The first-order valence-corrected chi connectivity index (χ1v) is 7.20. The van der Waals surface area contributed by atoms with Gasteiger partial charge in [-0.25, -0.2) is 0 Å². The Morgan fingerprint density at radius 1 is 1.33 bits per heavy atom. The van der Waals surface area contributed by atoms with E-state index in [1.165, 1.54) is 31.9 Å². The van der Waals surface area contributed by atoms with Gasteiger partial charge in [-0.05, 0) is 38.3 Å². The second-order valence-electron chi connectivity index (χ2n) is 5.01. The fourth-order valence-corrected chi connectivity index (χ4v) is 2.52. The molecule has 1 aliphatic rings. The molecular weight excluding hydrogens is 276 g/mol. The summed E-state index contributed by atoms with van der Waals surface area (Å²) in [5.74, 6) is 0.440. The van der Waals surface area contributed by atoms with Gasteiger partial charge in [0.1, 0.15) is 0 Å². The average molecular weight is 297 g/mol. The third-order valence-corrected chi connectivity index (χ3v) is 3.56. The van der Waals surface area contributed by atoms with E-state index in [0.717, 1.165) is 13.0 Å². The quantitative estimate of drug-likeness (QED) is 0.583. The molecule has 1 aromatic rings. The first kappa shape index (κ1) is 15.8. The van der Waals surface area contributed by atoms with E-state index in [4.69, 9.17) is 4.74 Å². The number of benzene rings is 1. The number of alkyl halides is 2. The van der Waals surface area contributed by atoms with Crippen molar-refractivity contribution in [2.45, 2.75) is 38.8 Å². The normalized spacial score (nSPS) is 14.4.